The van der Waals surface area contributed by atoms with Crippen LogP contribution in [0.5, 0.6) is 0 Å². The first-order valence-electron chi connectivity index (χ1n) is 13.3. The number of ketones is 1. The molecule has 0 saturated heterocycles. The van der Waals surface area contributed by atoms with Gasteiger partial charge in [0, 0.05) is 23.6 Å². The zero-order valence-corrected chi connectivity index (χ0v) is 21.6. The lowest BCUT2D eigenvalue weighted by molar-refractivity contribution is -0.160. The van der Waals surface area contributed by atoms with Crippen molar-refractivity contribution >= 4 is 17.4 Å². The summed E-state index contributed by atoms with van der Waals surface area (Å²) < 4.78 is 5.86. The summed E-state index contributed by atoms with van der Waals surface area (Å²) in [6, 6.07) is 7.43. The van der Waals surface area contributed by atoms with Gasteiger partial charge in [-0.3, -0.25) is 4.79 Å². The van der Waals surface area contributed by atoms with Crippen LogP contribution >= 0.6 is 11.6 Å². The van der Waals surface area contributed by atoms with E-state index in [9.17, 15) is 9.90 Å². The lowest BCUT2D eigenvalue weighted by Gasteiger charge is -2.60. The average Bonchev–Trinajstić information content (AvgIpc) is 2.79. The number of aliphatic hydroxyl groups is 1. The Morgan fingerprint density at radius 3 is 2.79 bits per heavy atom. The van der Waals surface area contributed by atoms with Crippen molar-refractivity contribution in [1.82, 2.24) is 0 Å². The van der Waals surface area contributed by atoms with Gasteiger partial charge in [-0.25, -0.2) is 0 Å². The minimum absolute atomic E-state index is 0.0814. The average molecular weight is 475 g/mol. The number of fused-ring (bicyclic) bond motifs is 3. The SMILES string of the molecule is CC[C@H](CC[C@@H]1CCC[C@H]2[C@H]1CC[C@H]1C[C@](C)(O)CC[C@@]12COC)C(=O)c1cccc(Cl)c1. The number of carbonyl (C=O) groups excluding carboxylic acids is 1. The highest BCUT2D eigenvalue weighted by molar-refractivity contribution is 6.31. The van der Waals surface area contributed by atoms with Crippen LogP contribution in [0.15, 0.2) is 24.3 Å². The van der Waals surface area contributed by atoms with Crippen molar-refractivity contribution in [3.8, 4) is 0 Å². The third kappa shape index (κ3) is 5.21. The minimum atomic E-state index is -0.516. The molecule has 184 valence electrons. The van der Waals surface area contributed by atoms with Crippen LogP contribution in [0.25, 0.3) is 0 Å². The first kappa shape index (κ1) is 25.2. The van der Waals surface area contributed by atoms with E-state index in [0.29, 0.717) is 22.8 Å². The molecule has 4 rings (SSSR count). The topological polar surface area (TPSA) is 46.5 Å². The summed E-state index contributed by atoms with van der Waals surface area (Å²) in [5, 5.41) is 11.4. The van der Waals surface area contributed by atoms with Gasteiger partial charge in [0.15, 0.2) is 5.78 Å². The Bertz CT molecular complexity index is 821. The number of methoxy groups -OCH3 is 1. The van der Waals surface area contributed by atoms with Crippen molar-refractivity contribution in [2.45, 2.75) is 90.1 Å². The quantitative estimate of drug-likeness (QED) is 0.401. The Balaban J connectivity index is 1.46. The second-order valence-corrected chi connectivity index (χ2v) is 12.1. The number of ether oxygens (including phenoxy) is 1. The number of carbonyl (C=O) groups is 1. The van der Waals surface area contributed by atoms with Crippen LogP contribution in [0, 0.1) is 35.0 Å². The number of hydrogen-bond donors (Lipinski definition) is 1. The number of halogens is 1. The minimum Gasteiger partial charge on any atom is -0.390 e. The summed E-state index contributed by atoms with van der Waals surface area (Å²) in [4.78, 5) is 13.2. The number of Topliss-reactive ketones (excluding diaryl/α,β-unsaturated/α-hetero) is 1. The van der Waals surface area contributed by atoms with Gasteiger partial charge in [0.25, 0.3) is 0 Å². The van der Waals surface area contributed by atoms with Gasteiger partial charge in [0.1, 0.15) is 0 Å². The Morgan fingerprint density at radius 2 is 2.06 bits per heavy atom. The molecule has 1 aromatic carbocycles. The van der Waals surface area contributed by atoms with Crippen molar-refractivity contribution in [2.75, 3.05) is 13.7 Å². The van der Waals surface area contributed by atoms with Crippen LogP contribution in [-0.2, 0) is 4.74 Å². The third-order valence-corrected chi connectivity index (χ3v) is 9.93. The molecule has 3 fully saturated rings. The first-order valence-corrected chi connectivity index (χ1v) is 13.7. The molecule has 0 heterocycles. The number of hydrogen-bond acceptors (Lipinski definition) is 3. The highest BCUT2D eigenvalue weighted by atomic mass is 35.5. The summed E-state index contributed by atoms with van der Waals surface area (Å²) in [5.74, 6) is 3.07. The van der Waals surface area contributed by atoms with E-state index >= 15 is 0 Å². The molecule has 0 bridgehead atoms. The van der Waals surface area contributed by atoms with Crippen LogP contribution in [-0.4, -0.2) is 30.2 Å². The van der Waals surface area contributed by atoms with Crippen LogP contribution < -0.4 is 0 Å². The molecule has 0 radical (unpaired) electrons. The second-order valence-electron chi connectivity index (χ2n) is 11.7. The van der Waals surface area contributed by atoms with Gasteiger partial charge < -0.3 is 9.84 Å². The molecule has 3 aliphatic carbocycles. The van der Waals surface area contributed by atoms with E-state index in [4.69, 9.17) is 16.3 Å². The smallest absolute Gasteiger partial charge is 0.165 e. The van der Waals surface area contributed by atoms with Gasteiger partial charge in [0.05, 0.1) is 12.2 Å². The molecule has 0 unspecified atom stereocenters. The summed E-state index contributed by atoms with van der Waals surface area (Å²) >= 11 is 6.15. The zero-order valence-electron chi connectivity index (χ0n) is 20.8. The fourth-order valence-electron chi connectivity index (χ4n) is 8.06. The number of rotatable bonds is 8. The summed E-state index contributed by atoms with van der Waals surface area (Å²) in [7, 11) is 1.86. The highest BCUT2D eigenvalue weighted by Gasteiger charge is 2.56. The predicted octanol–water partition coefficient (Wildman–Crippen LogP) is 7.34. The monoisotopic (exact) mass is 474 g/mol. The molecule has 0 spiro atoms. The Labute approximate surface area is 205 Å². The molecule has 7 atom stereocenters. The maximum absolute atomic E-state index is 13.2. The molecule has 1 N–H and O–H groups in total. The second kappa shape index (κ2) is 10.4. The molecule has 0 aromatic heterocycles. The molecular formula is C29H43ClO3. The Kier molecular flexibility index (Phi) is 7.93. The van der Waals surface area contributed by atoms with Gasteiger partial charge in [0.2, 0.25) is 0 Å². The summed E-state index contributed by atoms with van der Waals surface area (Å²) in [6.45, 7) is 5.01. The molecule has 0 amide bonds. The van der Waals surface area contributed by atoms with Crippen molar-refractivity contribution in [3.63, 3.8) is 0 Å². The molecule has 33 heavy (non-hydrogen) atoms. The van der Waals surface area contributed by atoms with E-state index < -0.39 is 5.60 Å². The zero-order chi connectivity index (χ0) is 23.6. The lowest BCUT2D eigenvalue weighted by atomic mass is 9.46. The largest absolute Gasteiger partial charge is 0.390 e. The van der Waals surface area contributed by atoms with Crippen molar-refractivity contribution in [3.05, 3.63) is 34.9 Å². The fourth-order valence-corrected chi connectivity index (χ4v) is 8.25. The predicted molar refractivity (Wildman–Crippen MR) is 135 cm³/mol. The van der Waals surface area contributed by atoms with Gasteiger partial charge >= 0.3 is 0 Å². The normalized spacial score (nSPS) is 37.1. The van der Waals surface area contributed by atoms with Gasteiger partial charge in [-0.15, -0.1) is 0 Å². The van der Waals surface area contributed by atoms with Crippen molar-refractivity contribution in [2.24, 2.45) is 35.0 Å². The van der Waals surface area contributed by atoms with E-state index in [2.05, 4.69) is 6.92 Å². The van der Waals surface area contributed by atoms with Crippen molar-refractivity contribution in [1.29, 1.82) is 0 Å². The molecule has 0 aliphatic heterocycles. The third-order valence-electron chi connectivity index (χ3n) is 9.70. The van der Waals surface area contributed by atoms with Gasteiger partial charge in [-0.05, 0) is 106 Å². The van der Waals surface area contributed by atoms with E-state index in [1.165, 1.54) is 32.1 Å². The first-order chi connectivity index (χ1) is 15.8. The molecule has 4 heteroatoms. The van der Waals surface area contributed by atoms with E-state index in [1.807, 2.05) is 38.3 Å². The number of benzene rings is 1. The van der Waals surface area contributed by atoms with E-state index in [1.54, 1.807) is 0 Å². The maximum Gasteiger partial charge on any atom is 0.165 e. The van der Waals surface area contributed by atoms with Crippen LogP contribution in [0.4, 0.5) is 0 Å². The standard InChI is InChI=1S/C29H43ClO3/c1-4-20(27(31)22-8-5-9-24(30)17-22)11-12-21-7-6-10-26-25(21)14-13-23-18-28(2,32)15-16-29(23,26)19-33-3/h5,8-9,17,20-21,23,25-26,32H,4,6-7,10-16,18-19H2,1-3H3/t20-,21+,23+,25+,26+,28-,29-/m1/s1. The maximum atomic E-state index is 13.2. The Hall–Kier alpha value is -0.900. The highest BCUT2D eigenvalue weighted by Crippen LogP contribution is 2.62. The molecule has 3 aliphatic rings. The van der Waals surface area contributed by atoms with Crippen LogP contribution in [0.2, 0.25) is 5.02 Å². The van der Waals surface area contributed by atoms with Crippen LogP contribution in [0.1, 0.15) is 94.8 Å². The molecule has 3 saturated carbocycles. The van der Waals surface area contributed by atoms with E-state index in [-0.39, 0.29) is 17.1 Å². The Morgan fingerprint density at radius 1 is 1.24 bits per heavy atom. The molecule has 1 aromatic rings. The molecular weight excluding hydrogens is 432 g/mol. The van der Waals surface area contributed by atoms with Gasteiger partial charge in [-0.2, -0.15) is 0 Å². The molecule has 3 nitrogen and oxygen atoms in total. The van der Waals surface area contributed by atoms with Crippen molar-refractivity contribution < 1.29 is 14.6 Å². The lowest BCUT2D eigenvalue weighted by Crippen LogP contribution is -2.56. The van der Waals surface area contributed by atoms with E-state index in [0.717, 1.165) is 56.6 Å². The fraction of sp³-hybridized carbons (Fsp3) is 0.759. The van der Waals surface area contributed by atoms with Gasteiger partial charge in [-0.1, -0.05) is 43.5 Å². The summed E-state index contributed by atoms with van der Waals surface area (Å²) in [5.41, 5.74) is 0.474. The van der Waals surface area contributed by atoms with Crippen LogP contribution in [0.3, 0.4) is 0 Å². The summed E-state index contributed by atoms with van der Waals surface area (Å²) in [6.07, 6.45) is 12.3.